The van der Waals surface area contributed by atoms with Crippen molar-refractivity contribution in [2.75, 3.05) is 18.9 Å². The highest BCUT2D eigenvalue weighted by atomic mass is 16.5. The van der Waals surface area contributed by atoms with Gasteiger partial charge in [0.05, 0.1) is 11.1 Å². The van der Waals surface area contributed by atoms with Crippen LogP contribution >= 0.6 is 0 Å². The second-order valence-electron chi connectivity index (χ2n) is 6.05. The maximum atomic E-state index is 10.2. The monoisotopic (exact) mass is 374 g/mol. The van der Waals surface area contributed by atoms with E-state index in [-0.39, 0.29) is 13.2 Å². The van der Waals surface area contributed by atoms with Crippen molar-refractivity contribution >= 4 is 23.3 Å². The lowest BCUT2D eigenvalue weighted by molar-refractivity contribution is -0.129. The van der Waals surface area contributed by atoms with Gasteiger partial charge in [-0.15, -0.1) is 0 Å². The molecule has 0 spiro atoms. The van der Waals surface area contributed by atoms with Gasteiger partial charge in [-0.2, -0.15) is 0 Å². The number of anilines is 1. The number of ether oxygens (including phenoxy) is 2. The normalized spacial score (nSPS) is 10.7. The molecule has 2 N–H and O–H groups in total. The van der Waals surface area contributed by atoms with Crippen molar-refractivity contribution in [1.29, 1.82) is 0 Å². The van der Waals surface area contributed by atoms with Crippen molar-refractivity contribution < 1.29 is 14.3 Å². The highest BCUT2D eigenvalue weighted by molar-refractivity contribution is 6.01. The number of nitrogens with zero attached hydrogens (tertiary/aromatic N) is 3. The van der Waals surface area contributed by atoms with Gasteiger partial charge >= 0.3 is 0 Å². The number of nitrogens with two attached hydrogens (primary N) is 1. The van der Waals surface area contributed by atoms with Gasteiger partial charge in [-0.05, 0) is 17.7 Å². The van der Waals surface area contributed by atoms with E-state index in [1.807, 2.05) is 65.4 Å². The predicted octanol–water partition coefficient (Wildman–Crippen LogP) is 3.22. The summed E-state index contributed by atoms with van der Waals surface area (Å²) in [4.78, 5) is 18.8. The third kappa shape index (κ3) is 3.37. The summed E-state index contributed by atoms with van der Waals surface area (Å²) in [6, 6.07) is 17.6. The Morgan fingerprint density at radius 2 is 1.89 bits per heavy atom. The summed E-state index contributed by atoms with van der Waals surface area (Å²) < 4.78 is 12.3. The summed E-state index contributed by atoms with van der Waals surface area (Å²) in [5, 5.41) is 0.805. The van der Waals surface area contributed by atoms with E-state index in [2.05, 4.69) is 14.7 Å². The lowest BCUT2D eigenvalue weighted by atomic mass is 10.1. The zero-order valence-corrected chi connectivity index (χ0v) is 15.0. The van der Waals surface area contributed by atoms with Crippen LogP contribution in [0.5, 0.6) is 5.75 Å². The first kappa shape index (κ1) is 17.5. The lowest BCUT2D eigenvalue weighted by Crippen LogP contribution is -2.06. The van der Waals surface area contributed by atoms with Crippen LogP contribution in [0.4, 0.5) is 5.82 Å². The molecule has 0 radical (unpaired) electrons. The van der Waals surface area contributed by atoms with Crippen molar-refractivity contribution in [1.82, 2.24) is 14.5 Å². The Balaban J connectivity index is 1.78. The molecule has 0 bridgehead atoms. The number of rotatable bonds is 7. The molecule has 0 unspecified atom stereocenters. The number of hydrogen-bond acceptors (Lipinski definition) is 6. The molecule has 28 heavy (non-hydrogen) atoms. The standard InChI is InChI=1S/C21H18N4O3/c22-20-19-18(15-5-2-1-3-6-15)12-25(21(19)24-13-23-20)16-7-4-8-17(11-16)28-10-9-27-14-26/h1-8,11-14H,9-10H2,(H2,22,23,24). The van der Waals surface area contributed by atoms with Gasteiger partial charge in [0, 0.05) is 17.8 Å². The van der Waals surface area contributed by atoms with Crippen molar-refractivity contribution in [2.45, 2.75) is 0 Å². The van der Waals surface area contributed by atoms with Crippen molar-refractivity contribution in [3.63, 3.8) is 0 Å². The molecule has 4 aromatic rings. The summed E-state index contributed by atoms with van der Waals surface area (Å²) in [6.45, 7) is 0.877. The van der Waals surface area contributed by atoms with Gasteiger partial charge in [0.15, 0.2) is 5.65 Å². The average molecular weight is 374 g/mol. The Morgan fingerprint density at radius 1 is 1.04 bits per heavy atom. The number of benzene rings is 2. The first-order valence-corrected chi connectivity index (χ1v) is 8.73. The van der Waals surface area contributed by atoms with Crippen LogP contribution in [-0.4, -0.2) is 34.2 Å². The molecule has 0 aliphatic heterocycles. The molecule has 0 atom stereocenters. The van der Waals surface area contributed by atoms with Crippen molar-refractivity contribution in [2.24, 2.45) is 0 Å². The molecule has 7 heteroatoms. The van der Waals surface area contributed by atoms with Gasteiger partial charge in [-0.3, -0.25) is 4.79 Å². The molecule has 0 saturated carbocycles. The summed E-state index contributed by atoms with van der Waals surface area (Å²) in [7, 11) is 0. The summed E-state index contributed by atoms with van der Waals surface area (Å²) >= 11 is 0. The van der Waals surface area contributed by atoms with Crippen LogP contribution in [-0.2, 0) is 9.53 Å². The molecule has 0 aliphatic rings. The second kappa shape index (κ2) is 7.79. The molecular weight excluding hydrogens is 356 g/mol. The van der Waals surface area contributed by atoms with Crippen molar-refractivity contribution in [3.8, 4) is 22.6 Å². The zero-order valence-electron chi connectivity index (χ0n) is 15.0. The Bertz CT molecular complexity index is 1110. The predicted molar refractivity (Wildman–Crippen MR) is 106 cm³/mol. The van der Waals surface area contributed by atoms with E-state index >= 15 is 0 Å². The quantitative estimate of drug-likeness (QED) is 0.394. The summed E-state index contributed by atoms with van der Waals surface area (Å²) in [6.07, 6.45) is 3.46. The molecule has 0 amide bonds. The molecule has 0 saturated heterocycles. The number of carbonyl (C=O) groups is 1. The van der Waals surface area contributed by atoms with Crippen LogP contribution in [0, 0.1) is 0 Å². The van der Waals surface area contributed by atoms with E-state index in [4.69, 9.17) is 10.5 Å². The Kier molecular flexibility index (Phi) is 4.88. The smallest absolute Gasteiger partial charge is 0.293 e. The van der Waals surface area contributed by atoms with Gasteiger partial charge in [0.25, 0.3) is 6.47 Å². The van der Waals surface area contributed by atoms with Crippen LogP contribution < -0.4 is 10.5 Å². The lowest BCUT2D eigenvalue weighted by Gasteiger charge is -2.09. The second-order valence-corrected chi connectivity index (χ2v) is 6.05. The van der Waals surface area contributed by atoms with Crippen LogP contribution in [0.15, 0.2) is 67.1 Å². The molecular formula is C21H18N4O3. The van der Waals surface area contributed by atoms with E-state index in [1.54, 1.807) is 0 Å². The van der Waals surface area contributed by atoms with Crippen LogP contribution in [0.2, 0.25) is 0 Å². The van der Waals surface area contributed by atoms with E-state index in [9.17, 15) is 4.79 Å². The third-order valence-electron chi connectivity index (χ3n) is 4.33. The topological polar surface area (TPSA) is 92.3 Å². The van der Waals surface area contributed by atoms with Gasteiger partial charge in [-0.1, -0.05) is 36.4 Å². The Labute approximate surface area is 161 Å². The summed E-state index contributed by atoms with van der Waals surface area (Å²) in [5.74, 6) is 1.10. The fourth-order valence-corrected chi connectivity index (χ4v) is 3.10. The number of nitrogen functional groups attached to an aromatic ring is 1. The first-order chi connectivity index (χ1) is 13.8. The average Bonchev–Trinajstić information content (AvgIpc) is 3.13. The molecule has 2 heterocycles. The van der Waals surface area contributed by atoms with Gasteiger partial charge in [0.1, 0.15) is 31.1 Å². The van der Waals surface area contributed by atoms with Gasteiger partial charge in [0.2, 0.25) is 0 Å². The number of hydrogen-bond donors (Lipinski definition) is 1. The van der Waals surface area contributed by atoms with E-state index < -0.39 is 0 Å². The summed E-state index contributed by atoms with van der Waals surface area (Å²) in [5.41, 5.74) is 9.76. The number of aromatic nitrogens is 3. The fraction of sp³-hybridized carbons (Fsp3) is 0.0952. The Hall–Kier alpha value is -3.87. The van der Waals surface area contributed by atoms with Crippen LogP contribution in [0.3, 0.4) is 0 Å². The largest absolute Gasteiger partial charge is 0.490 e. The van der Waals surface area contributed by atoms with Crippen LogP contribution in [0.1, 0.15) is 0 Å². The fourth-order valence-electron chi connectivity index (χ4n) is 3.10. The first-order valence-electron chi connectivity index (χ1n) is 8.73. The van der Waals surface area contributed by atoms with Crippen molar-refractivity contribution in [3.05, 3.63) is 67.1 Å². The maximum Gasteiger partial charge on any atom is 0.293 e. The molecule has 140 valence electrons. The minimum atomic E-state index is 0.197. The van der Waals surface area contributed by atoms with E-state index in [0.29, 0.717) is 23.7 Å². The molecule has 0 fully saturated rings. The molecule has 7 nitrogen and oxygen atoms in total. The molecule has 2 aromatic heterocycles. The van der Waals surface area contributed by atoms with E-state index in [0.717, 1.165) is 22.2 Å². The minimum Gasteiger partial charge on any atom is -0.490 e. The molecule has 0 aliphatic carbocycles. The minimum absolute atomic E-state index is 0.197. The number of fused-ring (bicyclic) bond motifs is 1. The van der Waals surface area contributed by atoms with Gasteiger partial charge in [-0.25, -0.2) is 9.97 Å². The zero-order chi connectivity index (χ0) is 19.3. The number of carbonyl (C=O) groups excluding carboxylic acids is 1. The third-order valence-corrected chi connectivity index (χ3v) is 4.33. The van der Waals surface area contributed by atoms with E-state index in [1.165, 1.54) is 6.33 Å². The van der Waals surface area contributed by atoms with Crippen LogP contribution in [0.25, 0.3) is 27.8 Å². The molecule has 2 aromatic carbocycles. The Morgan fingerprint density at radius 3 is 2.71 bits per heavy atom. The molecule has 4 rings (SSSR count). The maximum absolute atomic E-state index is 10.2. The SMILES string of the molecule is Nc1ncnc2c1c(-c1ccccc1)cn2-c1cccc(OCCOC=O)c1. The van der Waals surface area contributed by atoms with Gasteiger partial charge < -0.3 is 19.8 Å². The highest BCUT2D eigenvalue weighted by Crippen LogP contribution is 2.34. The highest BCUT2D eigenvalue weighted by Gasteiger charge is 2.16.